The van der Waals surface area contributed by atoms with Gasteiger partial charge in [-0.05, 0) is 25.5 Å². The lowest BCUT2D eigenvalue weighted by molar-refractivity contribution is -0.120. The van der Waals surface area contributed by atoms with Gasteiger partial charge in [-0.25, -0.2) is 0 Å². The summed E-state index contributed by atoms with van der Waals surface area (Å²) >= 11 is 1.78. The third-order valence-electron chi connectivity index (χ3n) is 3.13. The van der Waals surface area contributed by atoms with Crippen molar-refractivity contribution in [2.75, 3.05) is 18.6 Å². The number of rotatable bonds is 7. The minimum atomic E-state index is 0.146. The molecule has 0 bridgehead atoms. The predicted octanol–water partition coefficient (Wildman–Crippen LogP) is 1.78. The summed E-state index contributed by atoms with van der Waals surface area (Å²) in [6.45, 7) is 2.60. The van der Waals surface area contributed by atoms with E-state index in [2.05, 4.69) is 23.8 Å². The number of carbonyl (C=O) groups excluding carboxylic acids is 1. The van der Waals surface area contributed by atoms with Crippen LogP contribution in [0.3, 0.4) is 0 Å². The number of carbonyl (C=O) groups is 1. The molecule has 0 spiro atoms. The lowest BCUT2D eigenvalue weighted by Gasteiger charge is -2.17. The Morgan fingerprint density at radius 2 is 2.12 bits per heavy atom. The van der Waals surface area contributed by atoms with Crippen molar-refractivity contribution in [1.29, 1.82) is 0 Å². The van der Waals surface area contributed by atoms with E-state index in [-0.39, 0.29) is 5.91 Å². The molecule has 1 rings (SSSR count). The Morgan fingerprint density at radius 3 is 2.69 bits per heavy atom. The van der Waals surface area contributed by atoms with Gasteiger partial charge < -0.3 is 10.6 Å². The maximum Gasteiger partial charge on any atom is 0.234 e. The Morgan fingerprint density at radius 1 is 1.44 bits per heavy atom. The molecular weight excluding hydrogens is 220 g/mol. The van der Waals surface area contributed by atoms with Crippen LogP contribution >= 0.6 is 11.8 Å². The number of amides is 1. The van der Waals surface area contributed by atoms with Crippen LogP contribution in [-0.4, -0.2) is 36.5 Å². The van der Waals surface area contributed by atoms with Crippen molar-refractivity contribution < 1.29 is 4.79 Å². The second kappa shape index (κ2) is 7.96. The van der Waals surface area contributed by atoms with Crippen LogP contribution in [-0.2, 0) is 4.79 Å². The molecule has 0 heterocycles. The molecule has 1 unspecified atom stereocenters. The van der Waals surface area contributed by atoms with Gasteiger partial charge >= 0.3 is 0 Å². The van der Waals surface area contributed by atoms with Crippen molar-refractivity contribution in [3.8, 4) is 0 Å². The quantitative estimate of drug-likeness (QED) is 0.717. The van der Waals surface area contributed by atoms with Gasteiger partial charge in [0.05, 0.1) is 6.54 Å². The molecule has 2 N–H and O–H groups in total. The molecule has 1 fully saturated rings. The van der Waals surface area contributed by atoms with E-state index in [0.29, 0.717) is 18.6 Å². The molecule has 3 nitrogen and oxygen atoms in total. The van der Waals surface area contributed by atoms with E-state index in [9.17, 15) is 4.79 Å². The highest BCUT2D eigenvalue weighted by molar-refractivity contribution is 7.98. The molecule has 1 amide bonds. The Labute approximate surface area is 103 Å². The molecule has 94 valence electrons. The Hall–Kier alpha value is -0.220. The summed E-state index contributed by atoms with van der Waals surface area (Å²) in [5.41, 5.74) is 0. The summed E-state index contributed by atoms with van der Waals surface area (Å²) in [6.07, 6.45) is 8.17. The lowest BCUT2D eigenvalue weighted by atomic mass is 10.2. The highest BCUT2D eigenvalue weighted by Gasteiger charge is 2.16. The van der Waals surface area contributed by atoms with Crippen LogP contribution in [0.15, 0.2) is 0 Å². The normalized spacial score (nSPS) is 18.6. The number of hydrogen-bond donors (Lipinski definition) is 2. The molecule has 1 aliphatic carbocycles. The third kappa shape index (κ3) is 5.21. The van der Waals surface area contributed by atoms with Crippen molar-refractivity contribution in [1.82, 2.24) is 10.6 Å². The first-order valence-corrected chi connectivity index (χ1v) is 7.67. The molecule has 0 aromatic rings. The minimum Gasteiger partial charge on any atom is -0.351 e. The number of nitrogens with one attached hydrogen (secondary N) is 2. The molecule has 16 heavy (non-hydrogen) atoms. The first kappa shape index (κ1) is 13.8. The second-order valence-electron chi connectivity index (χ2n) is 4.49. The zero-order valence-electron chi connectivity index (χ0n) is 10.4. The fraction of sp³-hybridized carbons (Fsp3) is 0.917. The SMILES string of the molecule is CCC(CSC)NC(=O)CNC1CCCC1. The van der Waals surface area contributed by atoms with Gasteiger partial charge in [0.2, 0.25) is 5.91 Å². The molecule has 4 heteroatoms. The highest BCUT2D eigenvalue weighted by atomic mass is 32.2. The molecule has 0 aromatic heterocycles. The second-order valence-corrected chi connectivity index (χ2v) is 5.40. The average Bonchev–Trinajstić information content (AvgIpc) is 2.78. The van der Waals surface area contributed by atoms with E-state index in [0.717, 1.165) is 12.2 Å². The van der Waals surface area contributed by atoms with Gasteiger partial charge in [-0.3, -0.25) is 4.79 Å². The van der Waals surface area contributed by atoms with Crippen molar-refractivity contribution in [2.45, 2.75) is 51.1 Å². The van der Waals surface area contributed by atoms with E-state index >= 15 is 0 Å². The van der Waals surface area contributed by atoms with E-state index in [1.165, 1.54) is 25.7 Å². The van der Waals surface area contributed by atoms with Crippen molar-refractivity contribution in [3.63, 3.8) is 0 Å². The largest absolute Gasteiger partial charge is 0.351 e. The summed E-state index contributed by atoms with van der Waals surface area (Å²) in [6, 6.07) is 0.902. The monoisotopic (exact) mass is 244 g/mol. The Bertz CT molecular complexity index is 205. The summed E-state index contributed by atoms with van der Waals surface area (Å²) in [5, 5.41) is 6.40. The lowest BCUT2D eigenvalue weighted by Crippen LogP contribution is -2.43. The Kier molecular flexibility index (Phi) is 6.88. The summed E-state index contributed by atoms with van der Waals surface area (Å²) in [5.74, 6) is 1.15. The van der Waals surface area contributed by atoms with Crippen LogP contribution in [0.2, 0.25) is 0 Å². The molecule has 1 saturated carbocycles. The van der Waals surface area contributed by atoms with Gasteiger partial charge in [0.15, 0.2) is 0 Å². The smallest absolute Gasteiger partial charge is 0.234 e. The van der Waals surface area contributed by atoms with Crippen LogP contribution in [0, 0.1) is 0 Å². The topological polar surface area (TPSA) is 41.1 Å². The molecule has 0 radical (unpaired) electrons. The van der Waals surface area contributed by atoms with Gasteiger partial charge in [0.1, 0.15) is 0 Å². The van der Waals surface area contributed by atoms with Gasteiger partial charge in [0, 0.05) is 17.8 Å². The molecule has 0 aromatic carbocycles. The first-order chi connectivity index (χ1) is 7.76. The summed E-state index contributed by atoms with van der Waals surface area (Å²) < 4.78 is 0. The van der Waals surface area contributed by atoms with Gasteiger partial charge in [-0.2, -0.15) is 11.8 Å². The van der Waals surface area contributed by atoms with Crippen LogP contribution in [0.4, 0.5) is 0 Å². The molecular formula is C12H24N2OS. The minimum absolute atomic E-state index is 0.146. The fourth-order valence-electron chi connectivity index (χ4n) is 2.11. The highest BCUT2D eigenvalue weighted by Crippen LogP contribution is 2.17. The molecule has 0 saturated heterocycles. The zero-order chi connectivity index (χ0) is 11.8. The maximum atomic E-state index is 11.7. The molecule has 1 aliphatic rings. The number of hydrogen-bond acceptors (Lipinski definition) is 3. The molecule has 0 aliphatic heterocycles. The first-order valence-electron chi connectivity index (χ1n) is 6.28. The van der Waals surface area contributed by atoms with Crippen molar-refractivity contribution >= 4 is 17.7 Å². The maximum absolute atomic E-state index is 11.7. The summed E-state index contributed by atoms with van der Waals surface area (Å²) in [4.78, 5) is 11.7. The van der Waals surface area contributed by atoms with E-state index in [1.54, 1.807) is 11.8 Å². The average molecular weight is 244 g/mol. The van der Waals surface area contributed by atoms with Crippen molar-refractivity contribution in [3.05, 3.63) is 0 Å². The predicted molar refractivity (Wildman–Crippen MR) is 70.9 cm³/mol. The van der Waals surface area contributed by atoms with E-state index in [1.807, 2.05) is 0 Å². The van der Waals surface area contributed by atoms with Crippen LogP contribution in [0.25, 0.3) is 0 Å². The third-order valence-corrected chi connectivity index (χ3v) is 3.87. The van der Waals surface area contributed by atoms with Gasteiger partial charge in [-0.15, -0.1) is 0 Å². The van der Waals surface area contributed by atoms with E-state index < -0.39 is 0 Å². The standard InChI is InChI=1S/C12H24N2OS/c1-3-10(9-16-2)14-12(15)8-13-11-6-4-5-7-11/h10-11,13H,3-9H2,1-2H3,(H,14,15). The van der Waals surface area contributed by atoms with Crippen LogP contribution < -0.4 is 10.6 Å². The van der Waals surface area contributed by atoms with Gasteiger partial charge in [0.25, 0.3) is 0 Å². The Balaban J connectivity index is 2.13. The fourth-order valence-corrected chi connectivity index (χ4v) is 2.83. The van der Waals surface area contributed by atoms with Crippen LogP contribution in [0.1, 0.15) is 39.0 Å². The molecule has 1 atom stereocenters. The number of thioether (sulfide) groups is 1. The van der Waals surface area contributed by atoms with Crippen molar-refractivity contribution in [2.24, 2.45) is 0 Å². The van der Waals surface area contributed by atoms with Gasteiger partial charge in [-0.1, -0.05) is 19.8 Å². The zero-order valence-corrected chi connectivity index (χ0v) is 11.2. The van der Waals surface area contributed by atoms with E-state index in [4.69, 9.17) is 0 Å². The van der Waals surface area contributed by atoms with Crippen LogP contribution in [0.5, 0.6) is 0 Å². The summed E-state index contributed by atoms with van der Waals surface area (Å²) in [7, 11) is 0.